The fourth-order valence-corrected chi connectivity index (χ4v) is 3.16. The second-order valence-electron chi connectivity index (χ2n) is 5.55. The van der Waals surface area contributed by atoms with Gasteiger partial charge >= 0.3 is 0 Å². The largest absolute Gasteiger partial charge is 0.392 e. The molecule has 4 heteroatoms. The van der Waals surface area contributed by atoms with Gasteiger partial charge in [-0.05, 0) is 36.8 Å². The standard InChI is InChI=1S/C15H18N2OS/c16-13(19)15(7-8-15)14(18)17-9-3-6-11-4-1-2-5-12(11)10-17/h1-2,4-5H,3,6-10H2,(H2,16,19). The molecule has 0 radical (unpaired) electrons. The zero-order valence-electron chi connectivity index (χ0n) is 10.9. The highest BCUT2D eigenvalue weighted by molar-refractivity contribution is 7.80. The van der Waals surface area contributed by atoms with Gasteiger partial charge in [0.15, 0.2) is 0 Å². The van der Waals surface area contributed by atoms with Crippen LogP contribution in [0.3, 0.4) is 0 Å². The minimum atomic E-state index is -0.519. The maximum absolute atomic E-state index is 12.6. The van der Waals surface area contributed by atoms with Crippen LogP contribution in [-0.4, -0.2) is 22.3 Å². The highest BCUT2D eigenvalue weighted by Gasteiger charge is 2.54. The molecular weight excluding hydrogens is 256 g/mol. The van der Waals surface area contributed by atoms with Crippen molar-refractivity contribution in [3.63, 3.8) is 0 Å². The summed E-state index contributed by atoms with van der Waals surface area (Å²) in [4.78, 5) is 15.0. The Hall–Kier alpha value is -1.42. The lowest BCUT2D eigenvalue weighted by Gasteiger charge is -2.25. The van der Waals surface area contributed by atoms with Crippen LogP contribution in [0.5, 0.6) is 0 Å². The molecule has 3 nitrogen and oxygen atoms in total. The minimum absolute atomic E-state index is 0.136. The molecule has 2 aliphatic rings. The van der Waals surface area contributed by atoms with Crippen molar-refractivity contribution in [2.45, 2.75) is 32.2 Å². The van der Waals surface area contributed by atoms with Crippen molar-refractivity contribution in [2.24, 2.45) is 11.1 Å². The number of carbonyl (C=O) groups excluding carboxylic acids is 1. The van der Waals surface area contributed by atoms with E-state index in [1.807, 2.05) is 11.0 Å². The zero-order chi connectivity index (χ0) is 13.5. The van der Waals surface area contributed by atoms with Crippen molar-refractivity contribution in [3.05, 3.63) is 35.4 Å². The Labute approximate surface area is 118 Å². The van der Waals surface area contributed by atoms with E-state index in [1.54, 1.807) is 0 Å². The summed E-state index contributed by atoms with van der Waals surface area (Å²) in [7, 11) is 0. The summed E-state index contributed by atoms with van der Waals surface area (Å²) in [6.45, 7) is 1.50. The van der Waals surface area contributed by atoms with E-state index < -0.39 is 5.41 Å². The van der Waals surface area contributed by atoms with Crippen LogP contribution in [0.25, 0.3) is 0 Å². The fraction of sp³-hybridized carbons (Fsp3) is 0.467. The second-order valence-corrected chi connectivity index (χ2v) is 5.99. The quantitative estimate of drug-likeness (QED) is 0.839. The lowest BCUT2D eigenvalue weighted by molar-refractivity contribution is -0.135. The van der Waals surface area contributed by atoms with E-state index in [0.29, 0.717) is 11.5 Å². The molecule has 1 saturated carbocycles. The minimum Gasteiger partial charge on any atom is -0.392 e. The summed E-state index contributed by atoms with van der Waals surface area (Å²) in [5.74, 6) is 0.136. The molecule has 0 saturated heterocycles. The number of amides is 1. The fourth-order valence-electron chi connectivity index (χ4n) is 2.87. The van der Waals surface area contributed by atoms with E-state index in [2.05, 4.69) is 18.2 Å². The third kappa shape index (κ3) is 2.14. The highest BCUT2D eigenvalue weighted by Crippen LogP contribution is 2.48. The van der Waals surface area contributed by atoms with E-state index in [9.17, 15) is 4.79 Å². The molecule has 0 unspecified atom stereocenters. The third-order valence-electron chi connectivity index (χ3n) is 4.27. The van der Waals surface area contributed by atoms with Crippen molar-refractivity contribution >= 4 is 23.1 Å². The lowest BCUT2D eigenvalue weighted by Crippen LogP contribution is -2.42. The van der Waals surface area contributed by atoms with Crippen LogP contribution in [0.2, 0.25) is 0 Å². The van der Waals surface area contributed by atoms with Crippen molar-refractivity contribution in [2.75, 3.05) is 6.54 Å². The van der Waals surface area contributed by atoms with Crippen molar-refractivity contribution in [3.8, 4) is 0 Å². The first kappa shape index (κ1) is 12.6. The normalized spacial score (nSPS) is 20.3. The van der Waals surface area contributed by atoms with E-state index in [4.69, 9.17) is 18.0 Å². The molecule has 0 atom stereocenters. The van der Waals surface area contributed by atoms with Crippen molar-refractivity contribution < 1.29 is 4.79 Å². The van der Waals surface area contributed by atoms with Crippen molar-refractivity contribution in [1.82, 2.24) is 4.90 Å². The maximum atomic E-state index is 12.6. The van der Waals surface area contributed by atoms with Gasteiger partial charge in [0.05, 0.1) is 10.4 Å². The number of nitrogens with two attached hydrogens (primary N) is 1. The molecule has 1 aromatic rings. The molecule has 1 aliphatic carbocycles. The smallest absolute Gasteiger partial charge is 0.235 e. The van der Waals surface area contributed by atoms with E-state index >= 15 is 0 Å². The predicted molar refractivity (Wildman–Crippen MR) is 78.6 cm³/mol. The SMILES string of the molecule is NC(=S)C1(C(=O)N2CCCc3ccccc3C2)CC1. The predicted octanol–water partition coefficient (Wildman–Crippen LogP) is 2.03. The lowest BCUT2D eigenvalue weighted by atomic mass is 10.0. The molecule has 0 bridgehead atoms. The van der Waals surface area contributed by atoms with Crippen LogP contribution >= 0.6 is 12.2 Å². The molecule has 19 heavy (non-hydrogen) atoms. The molecule has 1 aromatic carbocycles. The summed E-state index contributed by atoms with van der Waals surface area (Å²) in [5.41, 5.74) is 7.85. The van der Waals surface area contributed by atoms with Crippen LogP contribution < -0.4 is 5.73 Å². The molecule has 2 N–H and O–H groups in total. The van der Waals surface area contributed by atoms with Gasteiger partial charge in [-0.15, -0.1) is 0 Å². The summed E-state index contributed by atoms with van der Waals surface area (Å²) in [5, 5.41) is 0. The van der Waals surface area contributed by atoms with Gasteiger partial charge in [-0.3, -0.25) is 4.79 Å². The summed E-state index contributed by atoms with van der Waals surface area (Å²) in [6.07, 6.45) is 3.69. The number of hydrogen-bond donors (Lipinski definition) is 1. The molecule has 100 valence electrons. The first-order valence-electron chi connectivity index (χ1n) is 6.79. The van der Waals surface area contributed by atoms with Gasteiger partial charge < -0.3 is 10.6 Å². The van der Waals surface area contributed by atoms with Gasteiger partial charge in [-0.1, -0.05) is 36.5 Å². The van der Waals surface area contributed by atoms with Crippen LogP contribution in [-0.2, 0) is 17.8 Å². The number of aryl methyl sites for hydroxylation is 1. The Morgan fingerprint density at radius 3 is 2.58 bits per heavy atom. The molecular formula is C15H18N2OS. The number of thiocarbonyl (C=S) groups is 1. The van der Waals surface area contributed by atoms with Crippen LogP contribution in [0.15, 0.2) is 24.3 Å². The number of hydrogen-bond acceptors (Lipinski definition) is 2. The number of benzene rings is 1. The summed E-state index contributed by atoms with van der Waals surface area (Å²) >= 11 is 5.08. The number of fused-ring (bicyclic) bond motifs is 1. The van der Waals surface area contributed by atoms with Gasteiger partial charge in [0.2, 0.25) is 5.91 Å². The van der Waals surface area contributed by atoms with E-state index in [1.165, 1.54) is 11.1 Å². The molecule has 0 spiro atoms. The Bertz CT molecular complexity index is 537. The molecule has 0 aromatic heterocycles. The Morgan fingerprint density at radius 1 is 1.26 bits per heavy atom. The first-order chi connectivity index (χ1) is 9.13. The van der Waals surface area contributed by atoms with Gasteiger partial charge in [0, 0.05) is 13.1 Å². The Kier molecular flexibility index (Phi) is 3.05. The average molecular weight is 274 g/mol. The average Bonchev–Trinajstić information content (AvgIpc) is 3.21. The molecule has 1 heterocycles. The van der Waals surface area contributed by atoms with Crippen LogP contribution in [0, 0.1) is 5.41 Å². The van der Waals surface area contributed by atoms with Gasteiger partial charge in [0.1, 0.15) is 0 Å². The van der Waals surface area contributed by atoms with Gasteiger partial charge in [-0.25, -0.2) is 0 Å². The van der Waals surface area contributed by atoms with Gasteiger partial charge in [0.25, 0.3) is 0 Å². The number of carbonyl (C=O) groups is 1. The van der Waals surface area contributed by atoms with E-state index in [-0.39, 0.29) is 5.91 Å². The summed E-state index contributed by atoms with van der Waals surface area (Å²) < 4.78 is 0. The Morgan fingerprint density at radius 2 is 1.95 bits per heavy atom. The Balaban J connectivity index is 1.83. The molecule has 1 fully saturated rings. The number of rotatable bonds is 2. The zero-order valence-corrected chi connectivity index (χ0v) is 11.7. The first-order valence-corrected chi connectivity index (χ1v) is 7.20. The van der Waals surface area contributed by atoms with Gasteiger partial charge in [-0.2, -0.15) is 0 Å². The van der Waals surface area contributed by atoms with Crippen molar-refractivity contribution in [1.29, 1.82) is 0 Å². The number of nitrogens with zero attached hydrogens (tertiary/aromatic N) is 1. The van der Waals surface area contributed by atoms with Crippen LogP contribution in [0.1, 0.15) is 30.4 Å². The third-order valence-corrected chi connectivity index (χ3v) is 4.66. The topological polar surface area (TPSA) is 46.3 Å². The second kappa shape index (κ2) is 4.60. The van der Waals surface area contributed by atoms with E-state index in [0.717, 1.165) is 32.2 Å². The maximum Gasteiger partial charge on any atom is 0.235 e. The monoisotopic (exact) mass is 274 g/mol. The molecule has 3 rings (SSSR count). The molecule has 1 aliphatic heterocycles. The highest BCUT2D eigenvalue weighted by atomic mass is 32.1. The summed E-state index contributed by atoms with van der Waals surface area (Å²) in [6, 6.07) is 8.37. The molecule has 1 amide bonds. The van der Waals surface area contributed by atoms with Crippen LogP contribution in [0.4, 0.5) is 0 Å².